The molecule has 0 saturated carbocycles. The number of hydrogen-bond donors (Lipinski definition) is 1. The number of hydrogen-bond acceptors (Lipinski definition) is 5. The Morgan fingerprint density at radius 2 is 1.86 bits per heavy atom. The Bertz CT molecular complexity index is 1020. The first-order valence-corrected chi connectivity index (χ1v) is 11.1. The Morgan fingerprint density at radius 3 is 2.43 bits per heavy atom. The Kier molecular flexibility index (Phi) is 7.22. The molecule has 1 N–H and O–H groups in total. The van der Waals surface area contributed by atoms with Crippen molar-refractivity contribution in [3.05, 3.63) is 57.1 Å². The van der Waals surface area contributed by atoms with E-state index < -0.39 is 15.9 Å². The minimum atomic E-state index is -3.51. The van der Waals surface area contributed by atoms with Crippen LogP contribution in [0.2, 0.25) is 0 Å². The van der Waals surface area contributed by atoms with Crippen LogP contribution < -0.4 is 5.32 Å². The summed E-state index contributed by atoms with van der Waals surface area (Å²) in [6.07, 6.45) is -0.0856. The average Bonchev–Trinajstić information content (AvgIpc) is 2.63. The number of nitriles is 1. The quantitative estimate of drug-likeness (QED) is 0.677. The minimum Gasteiger partial charge on any atom is -0.449 e. The number of carbonyl (C=O) groups is 1. The second kappa shape index (κ2) is 9.22. The van der Waals surface area contributed by atoms with Crippen molar-refractivity contribution < 1.29 is 17.9 Å². The summed E-state index contributed by atoms with van der Waals surface area (Å²) in [5.41, 5.74) is 3.63. The fourth-order valence-electron chi connectivity index (χ4n) is 2.86. The number of nitrogens with zero attached hydrogens (tertiary/aromatic N) is 1. The van der Waals surface area contributed by atoms with Gasteiger partial charge in [0.15, 0.2) is 9.84 Å². The minimum absolute atomic E-state index is 0.0132. The van der Waals surface area contributed by atoms with Gasteiger partial charge in [-0.05, 0) is 60.9 Å². The first-order valence-electron chi connectivity index (χ1n) is 8.64. The third-order valence-corrected chi connectivity index (χ3v) is 6.55. The van der Waals surface area contributed by atoms with E-state index in [0.717, 1.165) is 21.2 Å². The van der Waals surface area contributed by atoms with Gasteiger partial charge < -0.3 is 4.74 Å². The first-order chi connectivity index (χ1) is 13.2. The highest BCUT2D eigenvalue weighted by Crippen LogP contribution is 2.22. The van der Waals surface area contributed by atoms with E-state index >= 15 is 0 Å². The van der Waals surface area contributed by atoms with E-state index in [1.165, 1.54) is 25.1 Å². The molecule has 0 aliphatic heterocycles. The van der Waals surface area contributed by atoms with E-state index in [-0.39, 0.29) is 22.8 Å². The van der Waals surface area contributed by atoms with Crippen LogP contribution in [-0.4, -0.2) is 26.9 Å². The standard InChI is InChI=1S/C20H21BrN2O4S/c1-4-28(25,26)19-6-5-17(11-15(19)12-22)23-20(24)27-8-7-18-13(2)9-16(21)10-14(18)3/h5-6,9-11H,4,7-8H2,1-3H3,(H,23,24). The lowest BCUT2D eigenvalue weighted by Gasteiger charge is -2.12. The summed E-state index contributed by atoms with van der Waals surface area (Å²) in [6, 6.07) is 9.96. The number of nitrogens with one attached hydrogen (secondary N) is 1. The molecule has 0 saturated heterocycles. The molecule has 0 unspecified atom stereocenters. The Labute approximate surface area is 173 Å². The largest absolute Gasteiger partial charge is 0.449 e. The second-order valence-corrected chi connectivity index (χ2v) is 9.42. The zero-order valence-electron chi connectivity index (χ0n) is 15.9. The summed E-state index contributed by atoms with van der Waals surface area (Å²) in [6.45, 7) is 5.71. The molecule has 0 fully saturated rings. The van der Waals surface area contributed by atoms with Gasteiger partial charge in [-0.3, -0.25) is 5.32 Å². The van der Waals surface area contributed by atoms with Gasteiger partial charge in [-0.2, -0.15) is 5.26 Å². The molecular weight excluding hydrogens is 444 g/mol. The van der Waals surface area contributed by atoms with Crippen molar-refractivity contribution in [2.45, 2.75) is 32.1 Å². The molecule has 0 aromatic heterocycles. The molecule has 28 heavy (non-hydrogen) atoms. The third-order valence-electron chi connectivity index (χ3n) is 4.31. The van der Waals surface area contributed by atoms with Gasteiger partial charge in [0.2, 0.25) is 0 Å². The van der Waals surface area contributed by atoms with E-state index in [0.29, 0.717) is 12.1 Å². The summed E-state index contributed by atoms with van der Waals surface area (Å²) < 4.78 is 30.2. The van der Waals surface area contributed by atoms with E-state index in [9.17, 15) is 18.5 Å². The van der Waals surface area contributed by atoms with Crippen LogP contribution in [0.1, 0.15) is 29.2 Å². The van der Waals surface area contributed by atoms with Gasteiger partial charge in [-0.15, -0.1) is 0 Å². The average molecular weight is 465 g/mol. The highest BCUT2D eigenvalue weighted by molar-refractivity contribution is 9.10. The van der Waals surface area contributed by atoms with Crippen molar-refractivity contribution in [3.8, 4) is 6.07 Å². The van der Waals surface area contributed by atoms with Gasteiger partial charge in [0.25, 0.3) is 0 Å². The topological polar surface area (TPSA) is 96.3 Å². The van der Waals surface area contributed by atoms with Crippen LogP contribution in [0, 0.1) is 25.2 Å². The molecule has 0 bridgehead atoms. The Balaban J connectivity index is 2.01. The number of rotatable bonds is 6. The smallest absolute Gasteiger partial charge is 0.411 e. The van der Waals surface area contributed by atoms with E-state index in [1.807, 2.05) is 32.0 Å². The van der Waals surface area contributed by atoms with Crippen LogP contribution in [0.4, 0.5) is 10.5 Å². The number of ether oxygens (including phenoxy) is 1. The van der Waals surface area contributed by atoms with Gasteiger partial charge in [0.05, 0.1) is 22.8 Å². The Morgan fingerprint density at radius 1 is 1.21 bits per heavy atom. The lowest BCUT2D eigenvalue weighted by atomic mass is 10.0. The third kappa shape index (κ3) is 5.33. The van der Waals surface area contributed by atoms with Crippen LogP contribution in [-0.2, 0) is 21.0 Å². The molecule has 0 atom stereocenters. The first kappa shape index (κ1) is 21.9. The zero-order valence-corrected chi connectivity index (χ0v) is 18.3. The van der Waals surface area contributed by atoms with Crippen molar-refractivity contribution in [3.63, 3.8) is 0 Å². The molecule has 148 valence electrons. The molecule has 0 aliphatic carbocycles. The maximum Gasteiger partial charge on any atom is 0.411 e. The number of carbonyl (C=O) groups excluding carboxylic acids is 1. The summed E-state index contributed by atoms with van der Waals surface area (Å²) in [5, 5.41) is 11.7. The molecule has 1 amide bonds. The van der Waals surface area contributed by atoms with Gasteiger partial charge >= 0.3 is 6.09 Å². The van der Waals surface area contributed by atoms with Gasteiger partial charge in [-0.1, -0.05) is 22.9 Å². The molecule has 0 aliphatic rings. The van der Waals surface area contributed by atoms with Crippen LogP contribution in [0.15, 0.2) is 39.7 Å². The highest BCUT2D eigenvalue weighted by atomic mass is 79.9. The van der Waals surface area contributed by atoms with Crippen LogP contribution in [0.5, 0.6) is 0 Å². The van der Waals surface area contributed by atoms with Crippen LogP contribution >= 0.6 is 15.9 Å². The number of anilines is 1. The SMILES string of the molecule is CCS(=O)(=O)c1ccc(NC(=O)OCCc2c(C)cc(Br)cc2C)cc1C#N. The molecule has 2 rings (SSSR count). The second-order valence-electron chi connectivity index (χ2n) is 6.26. The summed E-state index contributed by atoms with van der Waals surface area (Å²) in [7, 11) is -3.51. The van der Waals surface area contributed by atoms with Gasteiger partial charge in [-0.25, -0.2) is 13.2 Å². The number of benzene rings is 2. The fraction of sp³-hybridized carbons (Fsp3) is 0.300. The molecule has 2 aromatic carbocycles. The number of halogens is 1. The lowest BCUT2D eigenvalue weighted by Crippen LogP contribution is -2.16. The summed E-state index contributed by atoms with van der Waals surface area (Å²) in [5.74, 6) is -0.106. The maximum atomic E-state index is 12.0. The van der Waals surface area contributed by atoms with Gasteiger partial charge in [0, 0.05) is 16.6 Å². The van der Waals surface area contributed by atoms with E-state index in [4.69, 9.17) is 4.74 Å². The van der Waals surface area contributed by atoms with Crippen molar-refractivity contribution in [1.82, 2.24) is 0 Å². The van der Waals surface area contributed by atoms with Crippen LogP contribution in [0.3, 0.4) is 0 Å². The summed E-state index contributed by atoms with van der Waals surface area (Å²) in [4.78, 5) is 12.0. The lowest BCUT2D eigenvalue weighted by molar-refractivity contribution is 0.163. The predicted octanol–water partition coefficient (Wildman–Crippen LogP) is 4.52. The molecule has 8 heteroatoms. The van der Waals surface area contributed by atoms with Crippen molar-refractivity contribution in [1.29, 1.82) is 5.26 Å². The summed E-state index contributed by atoms with van der Waals surface area (Å²) >= 11 is 3.45. The van der Waals surface area contributed by atoms with Crippen molar-refractivity contribution >= 4 is 37.5 Å². The number of sulfone groups is 1. The number of aryl methyl sites for hydroxylation is 2. The molecule has 2 aromatic rings. The Hall–Kier alpha value is -2.37. The van der Waals surface area contributed by atoms with Crippen LogP contribution in [0.25, 0.3) is 0 Å². The van der Waals surface area contributed by atoms with E-state index in [1.54, 1.807) is 0 Å². The monoisotopic (exact) mass is 464 g/mol. The number of amides is 1. The zero-order chi connectivity index (χ0) is 20.9. The van der Waals surface area contributed by atoms with Crippen molar-refractivity contribution in [2.75, 3.05) is 17.7 Å². The molecule has 0 spiro atoms. The van der Waals surface area contributed by atoms with Crippen molar-refractivity contribution in [2.24, 2.45) is 0 Å². The van der Waals surface area contributed by atoms with Gasteiger partial charge in [0.1, 0.15) is 6.07 Å². The maximum absolute atomic E-state index is 12.0. The molecular formula is C20H21BrN2O4S. The fourth-order valence-corrected chi connectivity index (χ4v) is 4.57. The normalized spacial score (nSPS) is 11.0. The molecule has 0 heterocycles. The highest BCUT2D eigenvalue weighted by Gasteiger charge is 2.17. The predicted molar refractivity (Wildman–Crippen MR) is 111 cm³/mol. The molecule has 0 radical (unpaired) electrons. The van der Waals surface area contributed by atoms with E-state index in [2.05, 4.69) is 21.2 Å². The molecule has 6 nitrogen and oxygen atoms in total.